The number of carboxylic acids is 1. The smallest absolute Gasteiger partial charge is 0.401 e. The van der Waals surface area contributed by atoms with Crippen molar-refractivity contribution in [3.8, 4) is 0 Å². The lowest BCUT2D eigenvalue weighted by Gasteiger charge is -2.21. The maximum atomic E-state index is 13.1. The molecule has 0 unspecified atom stereocenters. The van der Waals surface area contributed by atoms with E-state index in [0.717, 1.165) is 6.07 Å². The van der Waals surface area contributed by atoms with Crippen molar-refractivity contribution < 1.29 is 27.5 Å². The lowest BCUT2D eigenvalue weighted by atomic mass is 10.2. The topological polar surface area (TPSA) is 40.5 Å². The molecule has 0 aromatic heterocycles. The minimum Gasteiger partial charge on any atom is -0.480 e. The minimum absolute atomic E-state index is 0.149. The molecule has 0 amide bonds. The number of carbonyl (C=O) groups is 1. The van der Waals surface area contributed by atoms with E-state index in [0.29, 0.717) is 4.90 Å². The molecular weight excluding hydrogens is 290 g/mol. The van der Waals surface area contributed by atoms with Gasteiger partial charge in [0.25, 0.3) is 0 Å². The third kappa shape index (κ3) is 5.89. The Bertz CT molecular complexity index is 464. The molecule has 0 aliphatic rings. The first-order valence-electron chi connectivity index (χ1n) is 5.12. The van der Waals surface area contributed by atoms with E-state index in [4.69, 9.17) is 16.7 Å². The van der Waals surface area contributed by atoms with Crippen LogP contribution in [0.3, 0.4) is 0 Å². The molecule has 0 atom stereocenters. The summed E-state index contributed by atoms with van der Waals surface area (Å²) in [5.41, 5.74) is 0.215. The van der Waals surface area contributed by atoms with Crippen LogP contribution in [0.5, 0.6) is 0 Å². The van der Waals surface area contributed by atoms with Gasteiger partial charge in [0, 0.05) is 6.54 Å². The van der Waals surface area contributed by atoms with Gasteiger partial charge >= 0.3 is 12.1 Å². The van der Waals surface area contributed by atoms with E-state index in [1.807, 2.05) is 0 Å². The van der Waals surface area contributed by atoms with Crippen molar-refractivity contribution in [1.29, 1.82) is 0 Å². The molecule has 0 heterocycles. The lowest BCUT2D eigenvalue weighted by Crippen LogP contribution is -2.37. The van der Waals surface area contributed by atoms with Gasteiger partial charge in [0.2, 0.25) is 0 Å². The molecule has 1 rings (SSSR count). The Morgan fingerprint density at radius 1 is 1.37 bits per heavy atom. The van der Waals surface area contributed by atoms with E-state index in [9.17, 15) is 22.4 Å². The van der Waals surface area contributed by atoms with Crippen LogP contribution in [0.2, 0.25) is 5.02 Å². The molecule has 0 aliphatic carbocycles. The highest BCUT2D eigenvalue weighted by molar-refractivity contribution is 6.30. The van der Waals surface area contributed by atoms with Crippen LogP contribution >= 0.6 is 11.6 Å². The molecule has 0 bridgehead atoms. The number of carboxylic acid groups (broad SMARTS) is 1. The minimum atomic E-state index is -4.53. The number of aliphatic carboxylic acids is 1. The third-order valence-corrected chi connectivity index (χ3v) is 2.46. The monoisotopic (exact) mass is 299 g/mol. The van der Waals surface area contributed by atoms with Crippen molar-refractivity contribution in [2.75, 3.05) is 13.1 Å². The highest BCUT2D eigenvalue weighted by Gasteiger charge is 2.31. The summed E-state index contributed by atoms with van der Waals surface area (Å²) in [5, 5.41) is 8.40. The van der Waals surface area contributed by atoms with Gasteiger partial charge in [-0.15, -0.1) is 0 Å². The lowest BCUT2D eigenvalue weighted by molar-refractivity contribution is -0.154. The molecule has 0 radical (unpaired) electrons. The molecule has 0 saturated heterocycles. The molecule has 8 heteroatoms. The molecular formula is C11H10ClF4NO2. The Morgan fingerprint density at radius 2 is 2.00 bits per heavy atom. The molecule has 0 spiro atoms. The van der Waals surface area contributed by atoms with Gasteiger partial charge in [0.1, 0.15) is 5.82 Å². The second-order valence-electron chi connectivity index (χ2n) is 3.90. The molecule has 0 fully saturated rings. The summed E-state index contributed by atoms with van der Waals surface area (Å²) in [7, 11) is 0. The molecule has 1 aromatic rings. The summed E-state index contributed by atoms with van der Waals surface area (Å²) in [4.78, 5) is 11.2. The fraction of sp³-hybridized carbons (Fsp3) is 0.364. The van der Waals surface area contributed by atoms with Crippen molar-refractivity contribution in [3.05, 3.63) is 34.6 Å². The zero-order valence-electron chi connectivity index (χ0n) is 9.55. The molecule has 0 saturated carbocycles. The largest absolute Gasteiger partial charge is 0.480 e. The average molecular weight is 300 g/mol. The zero-order valence-corrected chi connectivity index (χ0v) is 10.3. The van der Waals surface area contributed by atoms with Gasteiger partial charge in [-0.1, -0.05) is 17.7 Å². The third-order valence-electron chi connectivity index (χ3n) is 2.15. The number of benzene rings is 1. The quantitative estimate of drug-likeness (QED) is 0.850. The number of nitrogens with zero attached hydrogens (tertiary/aromatic N) is 1. The Balaban J connectivity index is 2.81. The second kappa shape index (κ2) is 6.21. The second-order valence-corrected chi connectivity index (χ2v) is 4.31. The Hall–Kier alpha value is -1.34. The van der Waals surface area contributed by atoms with Crippen molar-refractivity contribution in [2.45, 2.75) is 12.7 Å². The molecule has 1 aromatic carbocycles. The van der Waals surface area contributed by atoms with Crippen molar-refractivity contribution in [2.24, 2.45) is 0 Å². The van der Waals surface area contributed by atoms with Crippen LogP contribution in [-0.2, 0) is 11.3 Å². The van der Waals surface area contributed by atoms with Gasteiger partial charge in [-0.2, -0.15) is 13.2 Å². The van der Waals surface area contributed by atoms with Gasteiger partial charge in [-0.05, 0) is 17.7 Å². The fourth-order valence-corrected chi connectivity index (χ4v) is 1.63. The van der Waals surface area contributed by atoms with E-state index in [2.05, 4.69) is 0 Å². The Kier molecular flexibility index (Phi) is 5.13. The maximum absolute atomic E-state index is 13.1. The van der Waals surface area contributed by atoms with Crippen LogP contribution in [0.4, 0.5) is 17.6 Å². The van der Waals surface area contributed by atoms with Crippen LogP contribution in [0.15, 0.2) is 18.2 Å². The summed E-state index contributed by atoms with van der Waals surface area (Å²) in [5.74, 6) is -2.15. The Morgan fingerprint density at radius 3 is 2.47 bits per heavy atom. The first kappa shape index (κ1) is 15.7. The van der Waals surface area contributed by atoms with E-state index < -0.39 is 31.1 Å². The van der Waals surface area contributed by atoms with Gasteiger partial charge in [0.15, 0.2) is 0 Å². The number of hydrogen-bond donors (Lipinski definition) is 1. The van der Waals surface area contributed by atoms with Gasteiger partial charge < -0.3 is 5.11 Å². The van der Waals surface area contributed by atoms with E-state index in [1.54, 1.807) is 0 Å². The SMILES string of the molecule is O=C(O)CN(Cc1ccc(Cl)c(F)c1)CC(F)(F)F. The first-order valence-corrected chi connectivity index (χ1v) is 5.50. The molecule has 1 N–H and O–H groups in total. The summed E-state index contributed by atoms with van der Waals surface area (Å²) in [6.45, 7) is -2.51. The number of hydrogen-bond acceptors (Lipinski definition) is 2. The molecule has 106 valence electrons. The van der Waals surface area contributed by atoms with E-state index in [-0.39, 0.29) is 17.1 Å². The maximum Gasteiger partial charge on any atom is 0.401 e. The molecule has 19 heavy (non-hydrogen) atoms. The van der Waals surface area contributed by atoms with E-state index >= 15 is 0 Å². The number of halogens is 5. The van der Waals surface area contributed by atoms with Gasteiger partial charge in [-0.3, -0.25) is 9.69 Å². The highest BCUT2D eigenvalue weighted by Crippen LogP contribution is 2.20. The summed E-state index contributed by atoms with van der Waals surface area (Å²) in [6.07, 6.45) is -4.53. The number of rotatable bonds is 5. The van der Waals surface area contributed by atoms with Crippen LogP contribution in [0.1, 0.15) is 5.56 Å². The van der Waals surface area contributed by atoms with Crippen LogP contribution < -0.4 is 0 Å². The summed E-state index contributed by atoms with van der Waals surface area (Å²) < 4.78 is 50.0. The predicted octanol–water partition coefficient (Wildman–Crippen LogP) is 2.93. The zero-order chi connectivity index (χ0) is 14.6. The standard InChI is InChI=1S/C11H10ClF4NO2/c12-8-2-1-7(3-9(8)13)4-17(5-10(18)19)6-11(14,15)16/h1-3H,4-6H2,(H,18,19). The summed E-state index contributed by atoms with van der Waals surface area (Å²) >= 11 is 5.45. The van der Waals surface area contributed by atoms with E-state index in [1.165, 1.54) is 12.1 Å². The normalized spacial score (nSPS) is 11.9. The summed E-state index contributed by atoms with van der Waals surface area (Å²) in [6, 6.07) is 3.53. The molecule has 3 nitrogen and oxygen atoms in total. The van der Waals surface area contributed by atoms with Crippen LogP contribution in [0, 0.1) is 5.82 Å². The average Bonchev–Trinajstić information content (AvgIpc) is 2.20. The number of alkyl halides is 3. The van der Waals surface area contributed by atoms with Gasteiger partial charge in [-0.25, -0.2) is 4.39 Å². The fourth-order valence-electron chi connectivity index (χ4n) is 1.51. The van der Waals surface area contributed by atoms with Crippen molar-refractivity contribution >= 4 is 17.6 Å². The van der Waals surface area contributed by atoms with Crippen molar-refractivity contribution in [3.63, 3.8) is 0 Å². The van der Waals surface area contributed by atoms with Gasteiger partial charge in [0.05, 0.1) is 18.1 Å². The van der Waals surface area contributed by atoms with Crippen LogP contribution in [-0.4, -0.2) is 35.2 Å². The van der Waals surface area contributed by atoms with Crippen LogP contribution in [0.25, 0.3) is 0 Å². The molecule has 0 aliphatic heterocycles. The van der Waals surface area contributed by atoms with Crippen molar-refractivity contribution in [1.82, 2.24) is 4.90 Å². The predicted molar refractivity (Wildman–Crippen MR) is 60.4 cm³/mol. The highest BCUT2D eigenvalue weighted by atomic mass is 35.5. The Labute approximate surface area is 111 Å². The first-order chi connectivity index (χ1) is 8.67.